The van der Waals surface area contributed by atoms with E-state index in [1.807, 2.05) is 6.07 Å². The van der Waals surface area contributed by atoms with Crippen LogP contribution in [0, 0.1) is 5.82 Å². The third-order valence-corrected chi connectivity index (χ3v) is 3.91. The summed E-state index contributed by atoms with van der Waals surface area (Å²) < 4.78 is 14.3. The van der Waals surface area contributed by atoms with E-state index in [4.69, 9.17) is 0 Å². The van der Waals surface area contributed by atoms with E-state index in [-0.39, 0.29) is 5.82 Å². The molecule has 0 bridgehead atoms. The Bertz CT molecular complexity index is 426. The van der Waals surface area contributed by atoms with Crippen LogP contribution in [-0.4, -0.2) is 43.7 Å². The Hall–Kier alpha value is -1.13. The SMILES string of the molecule is CCN1CCN(c2c(F)cccc2CNC(C)C)CC1. The van der Waals surface area contributed by atoms with Crippen LogP contribution in [0.15, 0.2) is 18.2 Å². The number of halogens is 1. The zero-order chi connectivity index (χ0) is 14.5. The summed E-state index contributed by atoms with van der Waals surface area (Å²) in [4.78, 5) is 4.60. The fourth-order valence-corrected chi connectivity index (χ4v) is 2.66. The van der Waals surface area contributed by atoms with Crippen molar-refractivity contribution in [3.63, 3.8) is 0 Å². The maximum Gasteiger partial charge on any atom is 0.146 e. The van der Waals surface area contributed by atoms with E-state index in [9.17, 15) is 4.39 Å². The minimum absolute atomic E-state index is 0.0991. The summed E-state index contributed by atoms with van der Waals surface area (Å²) in [5, 5.41) is 3.38. The van der Waals surface area contributed by atoms with Gasteiger partial charge in [-0.3, -0.25) is 0 Å². The number of piperazine rings is 1. The Morgan fingerprint density at radius 3 is 2.50 bits per heavy atom. The molecule has 1 aromatic carbocycles. The van der Waals surface area contributed by atoms with Crippen molar-refractivity contribution in [2.24, 2.45) is 0 Å². The quantitative estimate of drug-likeness (QED) is 0.893. The molecule has 112 valence electrons. The van der Waals surface area contributed by atoms with Crippen LogP contribution < -0.4 is 10.2 Å². The van der Waals surface area contributed by atoms with Crippen LogP contribution >= 0.6 is 0 Å². The molecule has 0 aliphatic carbocycles. The number of para-hydroxylation sites is 1. The number of nitrogens with one attached hydrogen (secondary N) is 1. The van der Waals surface area contributed by atoms with Crippen molar-refractivity contribution in [2.45, 2.75) is 33.4 Å². The van der Waals surface area contributed by atoms with Crippen LogP contribution in [0.5, 0.6) is 0 Å². The van der Waals surface area contributed by atoms with Gasteiger partial charge >= 0.3 is 0 Å². The van der Waals surface area contributed by atoms with E-state index in [1.165, 1.54) is 0 Å². The number of nitrogens with zero attached hydrogens (tertiary/aromatic N) is 2. The molecule has 1 saturated heterocycles. The third-order valence-electron chi connectivity index (χ3n) is 3.91. The molecule has 3 nitrogen and oxygen atoms in total. The maximum absolute atomic E-state index is 14.3. The second-order valence-corrected chi connectivity index (χ2v) is 5.70. The molecule has 0 saturated carbocycles. The van der Waals surface area contributed by atoms with E-state index in [0.29, 0.717) is 6.04 Å². The molecule has 20 heavy (non-hydrogen) atoms. The van der Waals surface area contributed by atoms with Gasteiger partial charge in [0.15, 0.2) is 0 Å². The van der Waals surface area contributed by atoms with E-state index in [1.54, 1.807) is 12.1 Å². The lowest BCUT2D eigenvalue weighted by atomic mass is 10.1. The molecular formula is C16H26FN3. The van der Waals surface area contributed by atoms with Crippen molar-refractivity contribution in [2.75, 3.05) is 37.6 Å². The summed E-state index contributed by atoms with van der Waals surface area (Å²) >= 11 is 0. The highest BCUT2D eigenvalue weighted by Crippen LogP contribution is 2.25. The minimum Gasteiger partial charge on any atom is -0.366 e. The number of likely N-dealkylation sites (N-methyl/N-ethyl adjacent to an activating group) is 1. The summed E-state index contributed by atoms with van der Waals surface area (Å²) in [7, 11) is 0. The highest BCUT2D eigenvalue weighted by Gasteiger charge is 2.20. The molecule has 1 heterocycles. The fourth-order valence-electron chi connectivity index (χ4n) is 2.66. The monoisotopic (exact) mass is 279 g/mol. The van der Waals surface area contributed by atoms with E-state index < -0.39 is 0 Å². The normalized spacial score (nSPS) is 16.9. The first-order chi connectivity index (χ1) is 9.61. The molecule has 0 aromatic heterocycles. The minimum atomic E-state index is -0.0991. The van der Waals surface area contributed by atoms with Crippen LogP contribution in [-0.2, 0) is 6.54 Å². The van der Waals surface area contributed by atoms with Gasteiger partial charge in [0, 0.05) is 38.8 Å². The lowest BCUT2D eigenvalue weighted by Gasteiger charge is -2.36. The Kier molecular flexibility index (Phi) is 5.38. The molecular weight excluding hydrogens is 253 g/mol. The molecule has 0 atom stereocenters. The first kappa shape index (κ1) is 15.3. The lowest BCUT2D eigenvalue weighted by Crippen LogP contribution is -2.46. The van der Waals surface area contributed by atoms with Crippen molar-refractivity contribution in [3.8, 4) is 0 Å². The van der Waals surface area contributed by atoms with Gasteiger partial charge < -0.3 is 15.1 Å². The molecule has 4 heteroatoms. The largest absolute Gasteiger partial charge is 0.366 e. The highest BCUT2D eigenvalue weighted by molar-refractivity contribution is 5.55. The first-order valence-electron chi connectivity index (χ1n) is 7.60. The Morgan fingerprint density at radius 2 is 1.90 bits per heavy atom. The molecule has 0 amide bonds. The maximum atomic E-state index is 14.3. The first-order valence-corrected chi connectivity index (χ1v) is 7.60. The Labute approximate surface area is 121 Å². The van der Waals surface area contributed by atoms with Gasteiger partial charge in [-0.05, 0) is 18.2 Å². The smallest absolute Gasteiger partial charge is 0.146 e. The lowest BCUT2D eigenvalue weighted by molar-refractivity contribution is 0.270. The van der Waals surface area contributed by atoms with Gasteiger partial charge in [0.25, 0.3) is 0 Å². The third kappa shape index (κ3) is 3.70. The molecule has 1 N–H and O–H groups in total. The average Bonchev–Trinajstić information content (AvgIpc) is 2.45. The van der Waals surface area contributed by atoms with E-state index >= 15 is 0 Å². The summed E-state index contributed by atoms with van der Waals surface area (Å²) in [5.41, 5.74) is 1.85. The van der Waals surface area contributed by atoms with Crippen molar-refractivity contribution < 1.29 is 4.39 Å². The zero-order valence-corrected chi connectivity index (χ0v) is 12.8. The van der Waals surface area contributed by atoms with Crippen LogP contribution in [0.3, 0.4) is 0 Å². The Balaban J connectivity index is 2.13. The van der Waals surface area contributed by atoms with Crippen LogP contribution in [0.25, 0.3) is 0 Å². The number of benzene rings is 1. The second-order valence-electron chi connectivity index (χ2n) is 5.70. The highest BCUT2D eigenvalue weighted by atomic mass is 19.1. The van der Waals surface area contributed by atoms with Crippen molar-refractivity contribution in [1.29, 1.82) is 0 Å². The number of rotatable bonds is 5. The predicted octanol–water partition coefficient (Wildman–Crippen LogP) is 2.47. The second kappa shape index (κ2) is 7.04. The van der Waals surface area contributed by atoms with Crippen molar-refractivity contribution in [1.82, 2.24) is 10.2 Å². The van der Waals surface area contributed by atoms with Crippen LogP contribution in [0.1, 0.15) is 26.3 Å². The summed E-state index contributed by atoms with van der Waals surface area (Å²) in [6.45, 7) is 12.0. The van der Waals surface area contributed by atoms with Gasteiger partial charge in [0.05, 0.1) is 5.69 Å². The van der Waals surface area contributed by atoms with Gasteiger partial charge in [-0.15, -0.1) is 0 Å². The van der Waals surface area contributed by atoms with Crippen LogP contribution in [0.4, 0.5) is 10.1 Å². The van der Waals surface area contributed by atoms with Gasteiger partial charge in [0.2, 0.25) is 0 Å². The molecule has 2 rings (SSSR count). The molecule has 0 spiro atoms. The number of hydrogen-bond acceptors (Lipinski definition) is 3. The van der Waals surface area contributed by atoms with Gasteiger partial charge in [-0.25, -0.2) is 4.39 Å². The predicted molar refractivity (Wildman–Crippen MR) is 82.7 cm³/mol. The Morgan fingerprint density at radius 1 is 1.20 bits per heavy atom. The van der Waals surface area contributed by atoms with Crippen LogP contribution in [0.2, 0.25) is 0 Å². The molecule has 1 aromatic rings. The van der Waals surface area contributed by atoms with Gasteiger partial charge in [0.1, 0.15) is 5.82 Å². The summed E-state index contributed by atoms with van der Waals surface area (Å²) in [6, 6.07) is 5.81. The summed E-state index contributed by atoms with van der Waals surface area (Å²) in [5.74, 6) is -0.0991. The van der Waals surface area contributed by atoms with E-state index in [0.717, 1.165) is 50.5 Å². The molecule has 1 aliphatic rings. The average molecular weight is 279 g/mol. The summed E-state index contributed by atoms with van der Waals surface area (Å²) in [6.07, 6.45) is 0. The number of anilines is 1. The molecule has 0 radical (unpaired) electrons. The van der Waals surface area contributed by atoms with E-state index in [2.05, 4.69) is 35.9 Å². The molecule has 0 unspecified atom stereocenters. The zero-order valence-electron chi connectivity index (χ0n) is 12.8. The van der Waals surface area contributed by atoms with Gasteiger partial charge in [-0.1, -0.05) is 32.9 Å². The van der Waals surface area contributed by atoms with Gasteiger partial charge in [-0.2, -0.15) is 0 Å². The molecule has 1 fully saturated rings. The number of hydrogen-bond donors (Lipinski definition) is 1. The fraction of sp³-hybridized carbons (Fsp3) is 0.625. The topological polar surface area (TPSA) is 18.5 Å². The van der Waals surface area contributed by atoms with Crippen molar-refractivity contribution in [3.05, 3.63) is 29.6 Å². The standard InChI is InChI=1S/C16H26FN3/c1-4-19-8-10-20(11-9-19)16-14(12-18-13(2)3)6-5-7-15(16)17/h5-7,13,18H,4,8-12H2,1-3H3. The van der Waals surface area contributed by atoms with Crippen molar-refractivity contribution >= 4 is 5.69 Å². The molecule has 1 aliphatic heterocycles.